The van der Waals surface area contributed by atoms with Crippen molar-refractivity contribution in [3.63, 3.8) is 0 Å². The van der Waals surface area contributed by atoms with Gasteiger partial charge in [-0.05, 0) is 33.6 Å². The third kappa shape index (κ3) is 2.86. The number of hydrogen-bond donors (Lipinski definition) is 1. The fourth-order valence-corrected chi connectivity index (χ4v) is 4.95. The third-order valence-corrected chi connectivity index (χ3v) is 6.46. The third-order valence-electron chi connectivity index (χ3n) is 5.87. The quantitative estimate of drug-likeness (QED) is 0.802. The number of fused-ring (bicyclic) bond motifs is 2. The number of amides is 1. The van der Waals surface area contributed by atoms with Gasteiger partial charge in [-0.1, -0.05) is 30.3 Å². The number of alkyl halides is 1. The Labute approximate surface area is 165 Å². The second-order valence-corrected chi connectivity index (χ2v) is 8.29. The van der Waals surface area contributed by atoms with E-state index in [4.69, 9.17) is 9.47 Å². The van der Waals surface area contributed by atoms with E-state index in [1.807, 2.05) is 36.4 Å². The summed E-state index contributed by atoms with van der Waals surface area (Å²) in [7, 11) is 0. The van der Waals surface area contributed by atoms with Crippen molar-refractivity contribution in [1.29, 1.82) is 0 Å². The predicted molar refractivity (Wildman–Crippen MR) is 102 cm³/mol. The van der Waals surface area contributed by atoms with Gasteiger partial charge >= 0.3 is 0 Å². The maximum absolute atomic E-state index is 13.7. The second kappa shape index (κ2) is 6.60. The highest BCUT2D eigenvalue weighted by Crippen LogP contribution is 2.47. The van der Waals surface area contributed by atoms with Gasteiger partial charge in [-0.3, -0.25) is 4.79 Å². The van der Waals surface area contributed by atoms with E-state index in [1.54, 1.807) is 6.07 Å². The lowest BCUT2D eigenvalue weighted by Gasteiger charge is -2.16. The molecular weight excluding hydrogens is 413 g/mol. The number of halogens is 2. The molecule has 27 heavy (non-hydrogen) atoms. The second-order valence-electron chi connectivity index (χ2n) is 7.44. The zero-order valence-electron chi connectivity index (χ0n) is 14.5. The Morgan fingerprint density at radius 2 is 1.93 bits per heavy atom. The van der Waals surface area contributed by atoms with Crippen LogP contribution in [0.2, 0.25) is 0 Å². The number of nitrogens with one attached hydrogen (secondary N) is 1. The molecule has 5 atom stereocenters. The molecule has 1 aliphatic carbocycles. The summed E-state index contributed by atoms with van der Waals surface area (Å²) in [6.07, 6.45) is -0.586. The summed E-state index contributed by atoms with van der Waals surface area (Å²) in [5, 5.41) is 3.12. The largest absolute Gasteiger partial charge is 0.485 e. The van der Waals surface area contributed by atoms with Crippen molar-refractivity contribution >= 4 is 21.8 Å². The highest BCUT2D eigenvalue weighted by molar-refractivity contribution is 9.10. The van der Waals surface area contributed by atoms with Crippen LogP contribution in [0.3, 0.4) is 0 Å². The van der Waals surface area contributed by atoms with Crippen LogP contribution in [0.4, 0.5) is 4.39 Å². The Balaban J connectivity index is 1.46. The molecule has 2 heterocycles. The molecule has 0 spiro atoms. The van der Waals surface area contributed by atoms with Crippen LogP contribution in [-0.2, 0) is 4.74 Å². The van der Waals surface area contributed by atoms with Crippen LogP contribution in [0.5, 0.6) is 5.75 Å². The SMILES string of the molecule is O=C(NC1[C@H]2COC[C@@H]12)c1cc(Br)c2c(c1)[C@H](c1ccccc1)[C@@H](CF)O2. The fraction of sp³-hybridized carbons (Fsp3) is 0.381. The van der Waals surface area contributed by atoms with Crippen LogP contribution in [0.25, 0.3) is 0 Å². The van der Waals surface area contributed by atoms with E-state index in [1.165, 1.54) is 0 Å². The average Bonchev–Trinajstić information content (AvgIpc) is 3.05. The summed E-state index contributed by atoms with van der Waals surface area (Å²) in [5.74, 6) is 1.18. The first-order valence-electron chi connectivity index (χ1n) is 9.17. The Bertz CT molecular complexity index is 880. The molecule has 3 aliphatic rings. The first kappa shape index (κ1) is 17.2. The van der Waals surface area contributed by atoms with Crippen molar-refractivity contribution < 1.29 is 18.7 Å². The molecule has 1 saturated carbocycles. The summed E-state index contributed by atoms with van der Waals surface area (Å²) in [6, 6.07) is 13.5. The van der Waals surface area contributed by atoms with E-state index >= 15 is 0 Å². The number of ether oxygens (including phenoxy) is 2. The molecule has 2 aromatic carbocycles. The first-order valence-corrected chi connectivity index (χ1v) is 9.96. The van der Waals surface area contributed by atoms with E-state index in [-0.39, 0.29) is 17.9 Å². The van der Waals surface area contributed by atoms with Crippen LogP contribution in [-0.4, -0.2) is 37.9 Å². The topological polar surface area (TPSA) is 47.6 Å². The van der Waals surface area contributed by atoms with Gasteiger partial charge < -0.3 is 14.8 Å². The van der Waals surface area contributed by atoms with E-state index < -0.39 is 12.8 Å². The molecule has 2 aromatic rings. The molecule has 4 nitrogen and oxygen atoms in total. The lowest BCUT2D eigenvalue weighted by atomic mass is 9.88. The van der Waals surface area contributed by atoms with E-state index in [2.05, 4.69) is 21.2 Å². The van der Waals surface area contributed by atoms with Gasteiger partial charge in [0.1, 0.15) is 18.5 Å². The van der Waals surface area contributed by atoms with E-state index in [9.17, 15) is 9.18 Å². The highest BCUT2D eigenvalue weighted by Gasteiger charge is 2.54. The summed E-state index contributed by atoms with van der Waals surface area (Å²) < 4.78 is 25.6. The molecule has 6 heteroatoms. The number of carbonyl (C=O) groups excluding carboxylic acids is 1. The van der Waals surface area contributed by atoms with Crippen molar-refractivity contribution in [3.05, 3.63) is 63.6 Å². The summed E-state index contributed by atoms with van der Waals surface area (Å²) in [6.45, 7) is 0.866. The maximum Gasteiger partial charge on any atom is 0.251 e. The molecule has 1 amide bonds. The molecule has 1 N–H and O–H groups in total. The molecular formula is C21H19BrFNO3. The van der Waals surface area contributed by atoms with Gasteiger partial charge in [-0.25, -0.2) is 4.39 Å². The molecule has 140 valence electrons. The lowest BCUT2D eigenvalue weighted by Crippen LogP contribution is -2.30. The minimum absolute atomic E-state index is 0.103. The standard InChI is InChI=1S/C21H19BrFNO3/c22-16-7-12(21(25)24-19-14-9-26-10-15(14)19)6-13-18(11-4-2-1-3-5-11)17(8-23)27-20(13)16/h1-7,14-15,17-19H,8-10H2,(H,24,25)/t14-,15+,17-,18+,19?/m1/s1. The molecule has 2 fully saturated rings. The Morgan fingerprint density at radius 1 is 1.19 bits per heavy atom. The fourth-order valence-electron chi connectivity index (χ4n) is 4.38. The lowest BCUT2D eigenvalue weighted by molar-refractivity contribution is 0.0929. The van der Waals surface area contributed by atoms with Crippen molar-refractivity contribution in [3.8, 4) is 5.75 Å². The Morgan fingerprint density at radius 3 is 2.63 bits per heavy atom. The summed E-state index contributed by atoms with van der Waals surface area (Å²) in [4.78, 5) is 12.8. The molecule has 0 bridgehead atoms. The van der Waals surface area contributed by atoms with Crippen LogP contribution in [0.15, 0.2) is 46.9 Å². The minimum atomic E-state index is -0.590. The van der Waals surface area contributed by atoms with Crippen LogP contribution < -0.4 is 10.1 Å². The zero-order chi connectivity index (χ0) is 18.5. The molecule has 5 rings (SSSR count). The van der Waals surface area contributed by atoms with E-state index in [0.29, 0.717) is 27.6 Å². The monoisotopic (exact) mass is 431 g/mol. The van der Waals surface area contributed by atoms with Gasteiger partial charge in [0.15, 0.2) is 0 Å². The Kier molecular flexibility index (Phi) is 4.20. The molecule has 0 aromatic heterocycles. The number of carbonyl (C=O) groups is 1. The van der Waals surface area contributed by atoms with Gasteiger partial charge in [-0.2, -0.15) is 0 Å². The van der Waals surface area contributed by atoms with Crippen molar-refractivity contribution in [1.82, 2.24) is 5.32 Å². The molecule has 2 aliphatic heterocycles. The predicted octanol–water partition coefficient (Wildman–Crippen LogP) is 3.69. The van der Waals surface area contributed by atoms with Gasteiger partial charge in [0, 0.05) is 29.0 Å². The smallest absolute Gasteiger partial charge is 0.251 e. The molecule has 0 radical (unpaired) electrons. The summed E-state index contributed by atoms with van der Waals surface area (Å²) in [5.41, 5.74) is 2.40. The number of benzene rings is 2. The number of rotatable bonds is 4. The van der Waals surface area contributed by atoms with Crippen molar-refractivity contribution in [2.45, 2.75) is 18.1 Å². The van der Waals surface area contributed by atoms with Crippen molar-refractivity contribution in [2.24, 2.45) is 11.8 Å². The van der Waals surface area contributed by atoms with Crippen LogP contribution in [0, 0.1) is 11.8 Å². The van der Waals surface area contributed by atoms with E-state index in [0.717, 1.165) is 24.3 Å². The summed E-state index contributed by atoms with van der Waals surface area (Å²) >= 11 is 3.51. The molecule has 1 saturated heterocycles. The van der Waals surface area contributed by atoms with Crippen LogP contribution in [0.1, 0.15) is 27.4 Å². The van der Waals surface area contributed by atoms with Gasteiger partial charge in [0.2, 0.25) is 0 Å². The average molecular weight is 432 g/mol. The first-order chi connectivity index (χ1) is 13.2. The normalized spacial score (nSPS) is 30.4. The van der Waals surface area contributed by atoms with Crippen LogP contribution >= 0.6 is 15.9 Å². The Hall–Kier alpha value is -1.92. The zero-order valence-corrected chi connectivity index (χ0v) is 16.1. The maximum atomic E-state index is 13.7. The van der Waals surface area contributed by atoms with Gasteiger partial charge in [0.25, 0.3) is 5.91 Å². The minimum Gasteiger partial charge on any atom is -0.485 e. The molecule has 1 unspecified atom stereocenters. The highest BCUT2D eigenvalue weighted by atomic mass is 79.9. The van der Waals surface area contributed by atoms with Gasteiger partial charge in [0.05, 0.1) is 23.6 Å². The number of hydrogen-bond acceptors (Lipinski definition) is 3. The van der Waals surface area contributed by atoms with Gasteiger partial charge in [-0.15, -0.1) is 0 Å². The van der Waals surface area contributed by atoms with Crippen molar-refractivity contribution in [2.75, 3.05) is 19.9 Å².